The molecular weight excluding hydrogens is 676 g/mol. The first-order chi connectivity index (χ1) is 25.4. The van der Waals surface area contributed by atoms with Crippen LogP contribution in [0.1, 0.15) is 58.4 Å². The summed E-state index contributed by atoms with van der Waals surface area (Å²) < 4.78 is 20.3. The van der Waals surface area contributed by atoms with Crippen LogP contribution >= 0.6 is 0 Å². The summed E-state index contributed by atoms with van der Waals surface area (Å²) in [5.74, 6) is 0.326. The fourth-order valence-corrected chi connectivity index (χ4v) is 10.4. The number of esters is 1. The maximum Gasteiger partial charge on any atom is 0.341 e. The van der Waals surface area contributed by atoms with Crippen LogP contribution in [0.15, 0.2) is 51.9 Å². The van der Waals surface area contributed by atoms with Crippen molar-refractivity contribution in [1.82, 2.24) is 19.8 Å². The van der Waals surface area contributed by atoms with E-state index < -0.39 is 35.2 Å². The second-order valence-corrected chi connectivity index (χ2v) is 16.5. The number of amidine groups is 1. The van der Waals surface area contributed by atoms with E-state index in [-0.39, 0.29) is 42.1 Å². The van der Waals surface area contributed by atoms with Crippen LogP contribution in [0.5, 0.6) is 0 Å². The molecule has 5 heterocycles. The van der Waals surface area contributed by atoms with Crippen LogP contribution in [0, 0.1) is 22.7 Å². The highest BCUT2D eigenvalue weighted by molar-refractivity contribution is 6.07. The van der Waals surface area contributed by atoms with Gasteiger partial charge < -0.3 is 34.3 Å². The monoisotopic (exact) mass is 728 g/mol. The number of aryl methyl sites for hydroxylation is 1. The Kier molecular flexibility index (Phi) is 9.56. The number of epoxide rings is 1. The second kappa shape index (κ2) is 13.9. The van der Waals surface area contributed by atoms with Crippen molar-refractivity contribution in [2.75, 3.05) is 46.1 Å². The SMILES string of the molecule is CC(NC(CC1C2(CO2)C(N2CCOCC2)CC2[C@]1(C)CC[C@@H](O)[C@@]2(C)CO)C1=C/C(=C\c2ccc3c(c2)ncn3C)OC1=O)C(=O)CC1=NCC=N1. The number of cyclic esters (lactones) is 1. The molecule has 8 rings (SSSR count). The molecule has 2 aliphatic carbocycles. The number of aliphatic hydroxyl groups excluding tert-OH is 2. The van der Waals surface area contributed by atoms with Crippen molar-refractivity contribution >= 4 is 40.9 Å². The van der Waals surface area contributed by atoms with Crippen molar-refractivity contribution < 1.29 is 34.0 Å². The van der Waals surface area contributed by atoms with E-state index in [0.29, 0.717) is 56.4 Å². The molecular formula is C40H52N6O7. The Hall–Kier alpha value is -3.59. The van der Waals surface area contributed by atoms with Crippen LogP contribution < -0.4 is 5.32 Å². The van der Waals surface area contributed by atoms with Gasteiger partial charge in [-0.25, -0.2) is 14.8 Å². The number of ketones is 1. The molecule has 4 aliphatic heterocycles. The highest BCUT2D eigenvalue weighted by Crippen LogP contribution is 2.67. The van der Waals surface area contributed by atoms with Crippen molar-refractivity contribution in [3.05, 3.63) is 47.5 Å². The van der Waals surface area contributed by atoms with Gasteiger partial charge >= 0.3 is 5.97 Å². The number of nitrogens with one attached hydrogen (secondary N) is 1. The molecule has 1 spiro atoms. The Morgan fingerprint density at radius 1 is 1.23 bits per heavy atom. The van der Waals surface area contributed by atoms with Gasteiger partial charge in [-0.1, -0.05) is 19.9 Å². The smallest absolute Gasteiger partial charge is 0.341 e. The maximum atomic E-state index is 13.9. The summed E-state index contributed by atoms with van der Waals surface area (Å²) in [7, 11) is 1.95. The first-order valence-electron chi connectivity index (χ1n) is 19.1. The van der Waals surface area contributed by atoms with Crippen LogP contribution in [0.4, 0.5) is 0 Å². The van der Waals surface area contributed by atoms with Crippen molar-refractivity contribution in [3.8, 4) is 0 Å². The number of Topliss-reactive ketones (excluding diaryl/α,β-unsaturated/α-hetero) is 1. The minimum Gasteiger partial charge on any atom is -0.423 e. The number of carbonyl (C=O) groups is 2. The molecule has 1 aromatic heterocycles. The Bertz CT molecular complexity index is 1890. The number of allylic oxidation sites excluding steroid dienone is 1. The highest BCUT2D eigenvalue weighted by atomic mass is 16.6. The molecule has 4 fully saturated rings. The van der Waals surface area contributed by atoms with E-state index in [4.69, 9.17) is 14.2 Å². The zero-order valence-electron chi connectivity index (χ0n) is 31.2. The highest BCUT2D eigenvalue weighted by Gasteiger charge is 2.71. The predicted molar refractivity (Wildman–Crippen MR) is 199 cm³/mol. The number of ether oxygens (including phenoxy) is 3. The fourth-order valence-electron chi connectivity index (χ4n) is 10.4. The zero-order chi connectivity index (χ0) is 37.1. The summed E-state index contributed by atoms with van der Waals surface area (Å²) in [6.45, 7) is 9.93. The quantitative estimate of drug-likeness (QED) is 0.232. The minimum absolute atomic E-state index is 0.0177. The van der Waals surface area contributed by atoms with Gasteiger partial charge in [0.25, 0.3) is 0 Å². The van der Waals surface area contributed by atoms with Crippen LogP contribution in [0.25, 0.3) is 17.1 Å². The standard InChI is InChI=1S/C40H52N6O7/c1-24(31(48)19-36-41-9-10-42-36)44-28(27-17-26(53-37(27)50)15-25-5-6-30-29(16-25)43-23-45(30)4)18-33-38(2)8-7-35(49)39(3,21-47)32(38)20-34(40(33)22-52-40)46-11-13-51-14-12-46/h5-6,9,15-17,23-24,28,32-35,44,47,49H,7-8,10-14,18-22H2,1-4H3/b26-15+/t24?,28?,32?,33?,34?,35-,38+,39+,40?/m1/s1. The maximum absolute atomic E-state index is 13.9. The number of hydrogen-bond donors (Lipinski definition) is 3. The van der Waals surface area contributed by atoms with Crippen LogP contribution in [-0.2, 0) is 30.8 Å². The summed E-state index contributed by atoms with van der Waals surface area (Å²) in [5.41, 5.74) is 1.62. The molecule has 0 radical (unpaired) electrons. The zero-order valence-corrected chi connectivity index (χ0v) is 31.2. The van der Waals surface area contributed by atoms with Gasteiger partial charge in [-0.2, -0.15) is 0 Å². The van der Waals surface area contributed by atoms with Gasteiger partial charge in [0.1, 0.15) is 17.2 Å². The molecule has 3 N–H and O–H groups in total. The van der Waals surface area contributed by atoms with Gasteiger partial charge in [-0.3, -0.25) is 14.7 Å². The topological polar surface area (TPSA) is 163 Å². The third kappa shape index (κ3) is 6.42. The molecule has 6 unspecified atom stereocenters. The predicted octanol–water partition coefficient (Wildman–Crippen LogP) is 2.84. The number of aromatic nitrogens is 2. The molecule has 2 saturated heterocycles. The van der Waals surface area contributed by atoms with E-state index in [0.717, 1.165) is 42.5 Å². The van der Waals surface area contributed by atoms with Gasteiger partial charge in [-0.15, -0.1) is 0 Å². The Balaban J connectivity index is 1.17. The molecule has 0 bridgehead atoms. The van der Waals surface area contributed by atoms with Gasteiger partial charge in [-0.05, 0) is 79.7 Å². The average Bonchev–Trinajstić information content (AvgIpc) is 3.40. The van der Waals surface area contributed by atoms with Crippen molar-refractivity contribution in [2.24, 2.45) is 39.7 Å². The third-order valence-corrected chi connectivity index (χ3v) is 13.5. The van der Waals surface area contributed by atoms with E-state index in [1.165, 1.54) is 0 Å². The third-order valence-electron chi connectivity index (χ3n) is 13.5. The average molecular weight is 729 g/mol. The molecule has 0 amide bonds. The number of aliphatic imine (C=N–C) groups is 2. The second-order valence-electron chi connectivity index (χ2n) is 16.5. The van der Waals surface area contributed by atoms with Gasteiger partial charge in [0.15, 0.2) is 5.78 Å². The lowest BCUT2D eigenvalue weighted by molar-refractivity contribution is -0.197. The number of benzene rings is 1. The molecule has 1 aromatic carbocycles. The van der Waals surface area contributed by atoms with Crippen molar-refractivity contribution in [2.45, 2.75) is 82.7 Å². The molecule has 6 aliphatic rings. The largest absolute Gasteiger partial charge is 0.423 e. The van der Waals surface area contributed by atoms with E-state index in [1.807, 2.05) is 49.7 Å². The lowest BCUT2D eigenvalue weighted by atomic mass is 9.43. The number of carbonyl (C=O) groups excluding carboxylic acids is 2. The fraction of sp³-hybridized carbons (Fsp3) is 0.625. The Labute approximate surface area is 310 Å². The van der Waals surface area contributed by atoms with Gasteiger partial charge in [0, 0.05) is 43.9 Å². The number of fused-ring (bicyclic) bond motifs is 2. The summed E-state index contributed by atoms with van der Waals surface area (Å²) in [6, 6.07) is 4.81. The van der Waals surface area contributed by atoms with E-state index in [9.17, 15) is 19.8 Å². The Morgan fingerprint density at radius 3 is 2.74 bits per heavy atom. The number of rotatable bonds is 11. The normalized spacial score (nSPS) is 36.0. The lowest BCUT2D eigenvalue weighted by Gasteiger charge is -2.64. The van der Waals surface area contributed by atoms with Crippen LogP contribution in [0.2, 0.25) is 0 Å². The number of morpholine rings is 1. The van der Waals surface area contributed by atoms with E-state index in [2.05, 4.69) is 32.1 Å². The number of aliphatic hydroxyl groups is 2. The van der Waals surface area contributed by atoms with Crippen molar-refractivity contribution in [3.63, 3.8) is 0 Å². The number of hydrogen-bond acceptors (Lipinski definition) is 12. The molecule has 13 nitrogen and oxygen atoms in total. The van der Waals surface area contributed by atoms with Crippen LogP contribution in [-0.4, -0.2) is 124 Å². The summed E-state index contributed by atoms with van der Waals surface area (Å²) >= 11 is 0. The van der Waals surface area contributed by atoms with E-state index >= 15 is 0 Å². The minimum atomic E-state index is -0.711. The molecule has 9 atom stereocenters. The number of nitrogens with zero attached hydrogens (tertiary/aromatic N) is 5. The van der Waals surface area contributed by atoms with Crippen LogP contribution in [0.3, 0.4) is 0 Å². The van der Waals surface area contributed by atoms with Gasteiger partial charge in [0.05, 0.1) is 74.5 Å². The number of imidazole rings is 1. The lowest BCUT2D eigenvalue weighted by Crippen LogP contribution is -2.68. The van der Waals surface area contributed by atoms with Crippen molar-refractivity contribution in [1.29, 1.82) is 0 Å². The van der Waals surface area contributed by atoms with E-state index in [1.54, 1.807) is 18.6 Å². The molecule has 2 saturated carbocycles. The molecule has 13 heteroatoms. The van der Waals surface area contributed by atoms with Gasteiger partial charge in [0.2, 0.25) is 0 Å². The molecule has 53 heavy (non-hydrogen) atoms. The first kappa shape index (κ1) is 36.4. The summed E-state index contributed by atoms with van der Waals surface area (Å²) in [6.07, 6.45) is 9.18. The first-order valence-corrected chi connectivity index (χ1v) is 19.1. The Morgan fingerprint density at radius 2 is 2.02 bits per heavy atom. The molecule has 2 aromatic rings. The summed E-state index contributed by atoms with van der Waals surface area (Å²) in [4.78, 5) is 43.1. The molecule has 284 valence electrons. The summed E-state index contributed by atoms with van der Waals surface area (Å²) in [5, 5.41) is 25.9.